The van der Waals surface area contributed by atoms with Gasteiger partial charge in [-0.3, -0.25) is 4.99 Å². The van der Waals surface area contributed by atoms with E-state index in [0.29, 0.717) is 12.3 Å². The fraction of sp³-hybridized carbons (Fsp3) is 0.556. The minimum Gasteiger partial charge on any atom is -0.401 e. The summed E-state index contributed by atoms with van der Waals surface area (Å²) in [5, 5.41) is 7.81. The molecule has 4 aliphatic rings. The minimum atomic E-state index is -0.00454. The van der Waals surface area contributed by atoms with Crippen molar-refractivity contribution in [3.05, 3.63) is 22.4 Å². The van der Waals surface area contributed by atoms with Gasteiger partial charge in [-0.05, 0) is 49.7 Å². The third-order valence-corrected chi connectivity index (χ3v) is 5.14. The van der Waals surface area contributed by atoms with Gasteiger partial charge in [0.15, 0.2) is 0 Å². The Balaban J connectivity index is 1.87. The van der Waals surface area contributed by atoms with Crippen molar-refractivity contribution < 1.29 is 0 Å². The number of dihydropyridines is 1. The molecule has 0 aromatic rings. The Morgan fingerprint density at radius 1 is 1.24 bits per heavy atom. The van der Waals surface area contributed by atoms with Crippen molar-refractivity contribution >= 4 is 11.9 Å². The van der Waals surface area contributed by atoms with Crippen LogP contribution in [0.1, 0.15) is 44.9 Å². The van der Waals surface area contributed by atoms with Gasteiger partial charge in [-0.1, -0.05) is 17.4 Å². The molecule has 0 amide bonds. The monoisotopic (exact) mass is 279 g/mol. The fourth-order valence-electron chi connectivity index (χ4n) is 3.97. The molecule has 108 valence electrons. The molecule has 0 aromatic heterocycles. The standard InChI is InChI=1S/C18H21N3/c19-10-14-15(20)6-3-7-16-17(14)12-4-1-2-5-13(12)18(21-16)11-8-9-11/h10-11,16-17,19H,1-2,4-6,8-9,20H2. The molecule has 1 fully saturated rings. The Morgan fingerprint density at radius 3 is 2.81 bits per heavy atom. The topological polar surface area (TPSA) is 62.2 Å². The lowest BCUT2D eigenvalue weighted by Crippen LogP contribution is -2.33. The number of allylic oxidation sites excluding steroid dienone is 2. The van der Waals surface area contributed by atoms with Gasteiger partial charge in [-0.2, -0.15) is 0 Å². The third kappa shape index (κ3) is 2.05. The highest BCUT2D eigenvalue weighted by atomic mass is 14.8. The lowest BCUT2D eigenvalue weighted by Gasteiger charge is -2.35. The number of nitrogens with two attached hydrogens (primary N) is 1. The van der Waals surface area contributed by atoms with Crippen LogP contribution in [0.3, 0.4) is 0 Å². The van der Waals surface area contributed by atoms with Crippen molar-refractivity contribution in [3.63, 3.8) is 0 Å². The molecular weight excluding hydrogens is 258 g/mol. The maximum atomic E-state index is 7.81. The number of fused-ring (bicyclic) bond motifs is 2. The third-order valence-electron chi connectivity index (χ3n) is 5.14. The summed E-state index contributed by atoms with van der Waals surface area (Å²) in [5.74, 6) is 7.33. The van der Waals surface area contributed by atoms with Gasteiger partial charge in [0.2, 0.25) is 0 Å². The van der Waals surface area contributed by atoms with Crippen LogP contribution >= 0.6 is 0 Å². The van der Waals surface area contributed by atoms with Gasteiger partial charge in [-0.25, -0.2) is 0 Å². The average molecular weight is 279 g/mol. The van der Waals surface area contributed by atoms with Crippen molar-refractivity contribution in [2.24, 2.45) is 22.6 Å². The minimum absolute atomic E-state index is 0.00454. The van der Waals surface area contributed by atoms with Gasteiger partial charge >= 0.3 is 0 Å². The van der Waals surface area contributed by atoms with Crippen molar-refractivity contribution in [1.82, 2.24) is 0 Å². The van der Waals surface area contributed by atoms with E-state index in [4.69, 9.17) is 16.1 Å². The molecule has 0 aromatic carbocycles. The van der Waals surface area contributed by atoms with E-state index in [2.05, 4.69) is 11.8 Å². The number of nitrogens with zero attached hydrogens (tertiary/aromatic N) is 1. The molecule has 1 aliphatic heterocycles. The molecule has 2 unspecified atom stereocenters. The Morgan fingerprint density at radius 2 is 2.05 bits per heavy atom. The number of hydrogen-bond donors (Lipinski definition) is 2. The van der Waals surface area contributed by atoms with Crippen LogP contribution in [0, 0.1) is 29.1 Å². The van der Waals surface area contributed by atoms with Gasteiger partial charge in [0.05, 0.1) is 0 Å². The summed E-state index contributed by atoms with van der Waals surface area (Å²) in [6.45, 7) is 0. The predicted molar refractivity (Wildman–Crippen MR) is 85.3 cm³/mol. The van der Waals surface area contributed by atoms with Gasteiger partial charge in [-0.15, -0.1) is 0 Å². The molecule has 0 spiro atoms. The summed E-state index contributed by atoms with van der Waals surface area (Å²) in [6, 6.07) is -0.00454. The van der Waals surface area contributed by atoms with E-state index in [-0.39, 0.29) is 12.0 Å². The molecular formula is C18H21N3. The first kappa shape index (κ1) is 12.9. The second kappa shape index (κ2) is 4.87. The van der Waals surface area contributed by atoms with Gasteiger partial charge in [0, 0.05) is 35.9 Å². The molecule has 21 heavy (non-hydrogen) atoms. The molecule has 1 saturated carbocycles. The van der Waals surface area contributed by atoms with E-state index in [1.807, 2.05) is 0 Å². The summed E-state index contributed by atoms with van der Waals surface area (Å²) in [4.78, 5) is 5.03. The lowest BCUT2D eigenvalue weighted by atomic mass is 9.73. The van der Waals surface area contributed by atoms with Crippen molar-refractivity contribution in [2.45, 2.75) is 51.0 Å². The van der Waals surface area contributed by atoms with E-state index >= 15 is 0 Å². The van der Waals surface area contributed by atoms with Crippen molar-refractivity contribution in [1.29, 1.82) is 5.41 Å². The highest BCUT2D eigenvalue weighted by molar-refractivity contribution is 6.05. The van der Waals surface area contributed by atoms with Crippen LogP contribution in [0.2, 0.25) is 0 Å². The summed E-state index contributed by atoms with van der Waals surface area (Å²) >= 11 is 0. The van der Waals surface area contributed by atoms with Crippen LogP contribution in [0.4, 0.5) is 0 Å². The van der Waals surface area contributed by atoms with E-state index in [0.717, 1.165) is 24.1 Å². The molecule has 2 atom stereocenters. The number of aliphatic imine (C=N–C) groups is 1. The Hall–Kier alpha value is -1.82. The molecule has 4 rings (SSSR count). The van der Waals surface area contributed by atoms with Crippen LogP contribution in [0.25, 0.3) is 0 Å². The quantitative estimate of drug-likeness (QED) is 0.592. The van der Waals surface area contributed by atoms with E-state index in [9.17, 15) is 0 Å². The Bertz CT molecular complexity index is 650. The SMILES string of the molecule is N=CC1=C(N)CC#CC2N=C(C3CC3)C3=C(CCCC3)C12. The van der Waals surface area contributed by atoms with Crippen molar-refractivity contribution in [3.8, 4) is 11.8 Å². The summed E-state index contributed by atoms with van der Waals surface area (Å²) in [7, 11) is 0. The van der Waals surface area contributed by atoms with Crippen LogP contribution < -0.4 is 5.73 Å². The predicted octanol–water partition coefficient (Wildman–Crippen LogP) is 2.98. The molecule has 1 heterocycles. The Labute approximate surface area is 125 Å². The summed E-state index contributed by atoms with van der Waals surface area (Å²) in [5.41, 5.74) is 12.3. The smallest absolute Gasteiger partial charge is 0.121 e. The highest BCUT2D eigenvalue weighted by Crippen LogP contribution is 2.45. The van der Waals surface area contributed by atoms with Crippen LogP contribution in [0.15, 0.2) is 27.4 Å². The molecule has 3 N–H and O–H groups in total. The molecule has 3 nitrogen and oxygen atoms in total. The Kier molecular flexibility index (Phi) is 2.99. The van der Waals surface area contributed by atoms with E-state index in [1.54, 1.807) is 0 Å². The molecule has 3 heteroatoms. The molecule has 0 radical (unpaired) electrons. The summed E-state index contributed by atoms with van der Waals surface area (Å²) < 4.78 is 0. The van der Waals surface area contributed by atoms with Gasteiger partial charge in [0.1, 0.15) is 6.04 Å². The van der Waals surface area contributed by atoms with E-state index < -0.39 is 0 Å². The zero-order chi connectivity index (χ0) is 14.4. The van der Waals surface area contributed by atoms with Crippen molar-refractivity contribution in [2.75, 3.05) is 0 Å². The van der Waals surface area contributed by atoms with Crippen LogP contribution in [-0.2, 0) is 0 Å². The second-order valence-corrected chi connectivity index (χ2v) is 6.54. The maximum Gasteiger partial charge on any atom is 0.121 e. The van der Waals surface area contributed by atoms with Gasteiger partial charge in [0.25, 0.3) is 0 Å². The zero-order valence-electron chi connectivity index (χ0n) is 12.3. The normalized spacial score (nSPS) is 31.5. The first-order chi connectivity index (χ1) is 10.3. The lowest BCUT2D eigenvalue weighted by molar-refractivity contribution is 0.556. The average Bonchev–Trinajstić information content (AvgIpc) is 3.33. The van der Waals surface area contributed by atoms with E-state index in [1.165, 1.54) is 48.8 Å². The molecule has 0 saturated heterocycles. The van der Waals surface area contributed by atoms with Crippen LogP contribution in [-0.4, -0.2) is 18.0 Å². The number of nitrogens with one attached hydrogen (secondary N) is 1. The fourth-order valence-corrected chi connectivity index (χ4v) is 3.97. The zero-order valence-corrected chi connectivity index (χ0v) is 12.3. The highest BCUT2D eigenvalue weighted by Gasteiger charge is 2.40. The number of hydrogen-bond acceptors (Lipinski definition) is 3. The molecule has 3 aliphatic carbocycles. The number of rotatable bonds is 2. The first-order valence-electron chi connectivity index (χ1n) is 8.07. The second-order valence-electron chi connectivity index (χ2n) is 6.54. The first-order valence-corrected chi connectivity index (χ1v) is 8.07. The maximum absolute atomic E-state index is 7.81. The van der Waals surface area contributed by atoms with Crippen LogP contribution in [0.5, 0.6) is 0 Å². The van der Waals surface area contributed by atoms with Gasteiger partial charge < -0.3 is 11.1 Å². The molecule has 0 bridgehead atoms. The summed E-state index contributed by atoms with van der Waals surface area (Å²) in [6.07, 6.45) is 9.41. The largest absolute Gasteiger partial charge is 0.401 e.